The van der Waals surface area contributed by atoms with Crippen LogP contribution in [0.4, 0.5) is 0 Å². The first-order valence-electron chi connectivity index (χ1n) is 8.08. The lowest BCUT2D eigenvalue weighted by Gasteiger charge is -2.33. The number of carbonyl (C=O) groups excluding carboxylic acids is 3. The Morgan fingerprint density at radius 3 is 2.75 bits per heavy atom. The van der Waals surface area contributed by atoms with E-state index in [2.05, 4.69) is 15.8 Å². The first kappa shape index (κ1) is 16.6. The molecule has 2 aliphatic heterocycles. The highest BCUT2D eigenvalue weighted by atomic mass is 32.1. The predicted molar refractivity (Wildman–Crippen MR) is 90.6 cm³/mol. The fourth-order valence-electron chi connectivity index (χ4n) is 2.89. The Balaban J connectivity index is 1.44. The van der Waals surface area contributed by atoms with Crippen LogP contribution in [0.25, 0.3) is 0 Å². The lowest BCUT2D eigenvalue weighted by atomic mass is 10.0. The predicted octanol–water partition coefficient (Wildman–Crippen LogP) is 0.664. The van der Waals surface area contributed by atoms with Gasteiger partial charge in [-0.15, -0.1) is 11.3 Å². The molecule has 2 N–H and O–H groups in total. The minimum absolute atomic E-state index is 0.0293. The number of likely N-dealkylation sites (tertiary alicyclic amines) is 1. The quantitative estimate of drug-likeness (QED) is 0.838. The molecule has 128 valence electrons. The van der Waals surface area contributed by atoms with E-state index < -0.39 is 0 Å². The zero-order chi connectivity index (χ0) is 16.9. The molecule has 3 amide bonds. The van der Waals surface area contributed by atoms with Crippen LogP contribution in [0.5, 0.6) is 0 Å². The van der Waals surface area contributed by atoms with Gasteiger partial charge in [-0.05, 0) is 24.3 Å². The van der Waals surface area contributed by atoms with Gasteiger partial charge in [0.25, 0.3) is 5.91 Å². The summed E-state index contributed by atoms with van der Waals surface area (Å²) < 4.78 is 0. The number of carbonyl (C=O) groups is 3. The third-order valence-electron chi connectivity index (χ3n) is 4.21. The van der Waals surface area contributed by atoms with Crippen LogP contribution in [0.15, 0.2) is 22.6 Å². The summed E-state index contributed by atoms with van der Waals surface area (Å²) in [5, 5.41) is 8.86. The molecule has 1 fully saturated rings. The molecule has 2 aliphatic rings. The van der Waals surface area contributed by atoms with Crippen LogP contribution in [0, 0.1) is 0 Å². The van der Waals surface area contributed by atoms with E-state index >= 15 is 0 Å². The minimum Gasteiger partial charge on any atom is -0.353 e. The molecule has 3 heterocycles. The topological polar surface area (TPSA) is 90.9 Å². The first-order chi connectivity index (χ1) is 11.6. The molecule has 0 bridgehead atoms. The van der Waals surface area contributed by atoms with Gasteiger partial charge in [-0.1, -0.05) is 6.07 Å². The van der Waals surface area contributed by atoms with E-state index in [4.69, 9.17) is 0 Å². The lowest BCUT2D eigenvalue weighted by Crippen LogP contribution is -2.49. The van der Waals surface area contributed by atoms with Crippen LogP contribution in [0.3, 0.4) is 0 Å². The number of hydrogen-bond acceptors (Lipinski definition) is 5. The van der Waals surface area contributed by atoms with E-state index in [1.54, 1.807) is 16.2 Å². The van der Waals surface area contributed by atoms with Crippen LogP contribution in [-0.4, -0.2) is 47.5 Å². The maximum Gasteiger partial charge on any atom is 0.270 e. The highest BCUT2D eigenvalue weighted by Crippen LogP contribution is 2.14. The SMILES string of the molecule is O=C1CCC(C(=O)N2CCC(NC(=O)Cc3cccs3)CC2)=NN1. The average molecular weight is 348 g/mol. The highest BCUT2D eigenvalue weighted by molar-refractivity contribution is 7.10. The van der Waals surface area contributed by atoms with Crippen LogP contribution in [-0.2, 0) is 20.8 Å². The van der Waals surface area contributed by atoms with Gasteiger partial charge in [-0.2, -0.15) is 5.10 Å². The van der Waals surface area contributed by atoms with Crippen molar-refractivity contribution in [1.82, 2.24) is 15.6 Å². The molecule has 1 saturated heterocycles. The molecule has 3 rings (SSSR count). The van der Waals surface area contributed by atoms with Gasteiger partial charge >= 0.3 is 0 Å². The first-order valence-corrected chi connectivity index (χ1v) is 8.96. The molecule has 1 aromatic rings. The van der Waals surface area contributed by atoms with Gasteiger partial charge in [0.05, 0.1) is 6.42 Å². The average Bonchev–Trinajstić information content (AvgIpc) is 3.08. The number of hydrazone groups is 1. The van der Waals surface area contributed by atoms with Crippen molar-refractivity contribution >= 4 is 34.8 Å². The van der Waals surface area contributed by atoms with Gasteiger partial charge in [-0.3, -0.25) is 14.4 Å². The Morgan fingerprint density at radius 2 is 2.12 bits per heavy atom. The second-order valence-corrected chi connectivity index (χ2v) is 7.02. The fraction of sp³-hybridized carbons (Fsp3) is 0.500. The van der Waals surface area contributed by atoms with Gasteiger partial charge in [0.1, 0.15) is 5.71 Å². The molecular weight excluding hydrogens is 328 g/mol. The van der Waals surface area contributed by atoms with Crippen molar-refractivity contribution in [3.05, 3.63) is 22.4 Å². The lowest BCUT2D eigenvalue weighted by molar-refractivity contribution is -0.125. The van der Waals surface area contributed by atoms with E-state index in [1.165, 1.54) is 0 Å². The summed E-state index contributed by atoms with van der Waals surface area (Å²) in [6.45, 7) is 1.19. The van der Waals surface area contributed by atoms with Crippen molar-refractivity contribution in [1.29, 1.82) is 0 Å². The molecule has 0 radical (unpaired) electrons. The molecule has 0 unspecified atom stereocenters. The number of nitrogens with zero attached hydrogens (tertiary/aromatic N) is 2. The van der Waals surface area contributed by atoms with Gasteiger partial charge < -0.3 is 10.2 Å². The summed E-state index contributed by atoms with van der Waals surface area (Å²) in [5.74, 6) is -0.237. The highest BCUT2D eigenvalue weighted by Gasteiger charge is 2.28. The van der Waals surface area contributed by atoms with E-state index in [0.717, 1.165) is 17.7 Å². The molecular formula is C16H20N4O3S. The Hall–Kier alpha value is -2.22. The van der Waals surface area contributed by atoms with Crippen molar-refractivity contribution in [2.24, 2.45) is 5.10 Å². The molecule has 0 atom stereocenters. The van der Waals surface area contributed by atoms with Crippen molar-refractivity contribution in [3.8, 4) is 0 Å². The summed E-state index contributed by atoms with van der Waals surface area (Å²) in [5.41, 5.74) is 2.77. The normalized spacial score (nSPS) is 18.8. The van der Waals surface area contributed by atoms with Gasteiger partial charge in [0.2, 0.25) is 11.8 Å². The van der Waals surface area contributed by atoms with Crippen molar-refractivity contribution in [3.63, 3.8) is 0 Å². The van der Waals surface area contributed by atoms with E-state index in [1.807, 2.05) is 17.5 Å². The molecule has 24 heavy (non-hydrogen) atoms. The van der Waals surface area contributed by atoms with Crippen LogP contribution >= 0.6 is 11.3 Å². The van der Waals surface area contributed by atoms with Crippen molar-refractivity contribution in [2.75, 3.05) is 13.1 Å². The number of amides is 3. The van der Waals surface area contributed by atoms with E-state index in [0.29, 0.717) is 38.1 Å². The molecule has 0 saturated carbocycles. The summed E-state index contributed by atoms with van der Waals surface area (Å²) in [4.78, 5) is 38.3. The second kappa shape index (κ2) is 7.57. The van der Waals surface area contributed by atoms with E-state index in [-0.39, 0.29) is 23.8 Å². The molecule has 0 spiro atoms. The maximum absolute atomic E-state index is 12.4. The van der Waals surface area contributed by atoms with Gasteiger partial charge in [0.15, 0.2) is 0 Å². The smallest absolute Gasteiger partial charge is 0.270 e. The van der Waals surface area contributed by atoms with Crippen molar-refractivity contribution in [2.45, 2.75) is 38.1 Å². The van der Waals surface area contributed by atoms with Crippen molar-refractivity contribution < 1.29 is 14.4 Å². The Labute approximate surface area is 144 Å². The number of hydrogen-bond donors (Lipinski definition) is 2. The van der Waals surface area contributed by atoms with Gasteiger partial charge in [0, 0.05) is 36.9 Å². The summed E-state index contributed by atoms with van der Waals surface area (Å²) in [6.07, 6.45) is 2.58. The zero-order valence-electron chi connectivity index (χ0n) is 13.3. The van der Waals surface area contributed by atoms with Crippen LogP contribution < -0.4 is 10.7 Å². The largest absolute Gasteiger partial charge is 0.353 e. The number of nitrogens with one attached hydrogen (secondary N) is 2. The Kier molecular flexibility index (Phi) is 5.24. The van der Waals surface area contributed by atoms with Gasteiger partial charge in [-0.25, -0.2) is 5.43 Å². The standard InChI is InChI=1S/C16H20N4O3S/c21-14-4-3-13(18-19-14)16(23)20-7-5-11(6-8-20)17-15(22)10-12-2-1-9-24-12/h1-2,9,11H,3-8,10H2,(H,17,22)(H,19,21). The zero-order valence-corrected chi connectivity index (χ0v) is 14.1. The monoisotopic (exact) mass is 348 g/mol. The van der Waals surface area contributed by atoms with E-state index in [9.17, 15) is 14.4 Å². The minimum atomic E-state index is -0.154. The molecule has 0 aliphatic carbocycles. The third-order valence-corrected chi connectivity index (χ3v) is 5.09. The molecule has 7 nitrogen and oxygen atoms in total. The number of rotatable bonds is 4. The number of piperidine rings is 1. The molecule has 1 aromatic heterocycles. The van der Waals surface area contributed by atoms with Crippen LogP contribution in [0.2, 0.25) is 0 Å². The maximum atomic E-state index is 12.4. The molecule has 0 aromatic carbocycles. The molecule has 8 heteroatoms. The Morgan fingerprint density at radius 1 is 1.33 bits per heavy atom. The second-order valence-electron chi connectivity index (χ2n) is 5.98. The number of thiophene rings is 1. The fourth-order valence-corrected chi connectivity index (χ4v) is 3.59. The Bertz CT molecular complexity index is 648. The summed E-state index contributed by atoms with van der Waals surface area (Å²) in [7, 11) is 0. The third kappa shape index (κ3) is 4.19. The summed E-state index contributed by atoms with van der Waals surface area (Å²) >= 11 is 1.58. The summed E-state index contributed by atoms with van der Waals surface area (Å²) in [6, 6.07) is 4.00. The van der Waals surface area contributed by atoms with Crippen LogP contribution in [0.1, 0.15) is 30.6 Å².